The molecule has 0 aliphatic carbocycles. The van der Waals surface area contributed by atoms with Crippen molar-refractivity contribution >= 4 is 16.7 Å². The summed E-state index contributed by atoms with van der Waals surface area (Å²) in [6.45, 7) is 0. The molecule has 0 radical (unpaired) electrons. The third kappa shape index (κ3) is 1.19. The van der Waals surface area contributed by atoms with Crippen LogP contribution in [0.3, 0.4) is 0 Å². The molecule has 14 heavy (non-hydrogen) atoms. The van der Waals surface area contributed by atoms with Crippen molar-refractivity contribution in [1.29, 1.82) is 0 Å². The highest BCUT2D eigenvalue weighted by molar-refractivity contribution is 6.07. The van der Waals surface area contributed by atoms with E-state index in [9.17, 15) is 0 Å². The van der Waals surface area contributed by atoms with Crippen LogP contribution < -0.4 is 5.73 Å². The Hall–Kier alpha value is -2.04. The molecule has 0 saturated heterocycles. The van der Waals surface area contributed by atoms with E-state index in [4.69, 9.17) is 10.9 Å². The van der Waals surface area contributed by atoms with Gasteiger partial charge in [-0.25, -0.2) is 0 Å². The largest absolute Gasteiger partial charge is 0.409 e. The molecule has 72 valence electrons. The second kappa shape index (κ2) is 3.02. The van der Waals surface area contributed by atoms with Crippen LogP contribution in [0.5, 0.6) is 0 Å². The Morgan fingerprint density at radius 1 is 1.57 bits per heavy atom. The predicted octanol–water partition coefficient (Wildman–Crippen LogP) is 0.668. The fourth-order valence-electron chi connectivity index (χ4n) is 1.44. The monoisotopic (exact) mass is 190 g/mol. The number of nitrogens with zero attached hydrogens (tertiary/aromatic N) is 3. The van der Waals surface area contributed by atoms with Gasteiger partial charge in [0.25, 0.3) is 0 Å². The number of amidine groups is 1. The predicted molar refractivity (Wildman–Crippen MR) is 53.2 cm³/mol. The maximum atomic E-state index is 8.59. The lowest BCUT2D eigenvalue weighted by Gasteiger charge is -1.98. The molecular formula is C9H10N4O. The number of aryl methyl sites for hydroxylation is 1. The fraction of sp³-hybridized carbons (Fsp3) is 0.111. The lowest BCUT2D eigenvalue weighted by molar-refractivity contribution is 0.318. The molecule has 1 aromatic carbocycles. The van der Waals surface area contributed by atoms with Gasteiger partial charge in [0, 0.05) is 24.2 Å². The van der Waals surface area contributed by atoms with Gasteiger partial charge in [0.15, 0.2) is 5.84 Å². The van der Waals surface area contributed by atoms with Crippen molar-refractivity contribution in [2.75, 3.05) is 0 Å². The first-order valence-electron chi connectivity index (χ1n) is 4.12. The third-order valence-corrected chi connectivity index (χ3v) is 2.05. The van der Waals surface area contributed by atoms with Crippen molar-refractivity contribution in [3.63, 3.8) is 0 Å². The normalized spacial score (nSPS) is 12.2. The molecule has 0 unspecified atom stereocenters. The van der Waals surface area contributed by atoms with Crippen molar-refractivity contribution in [3.8, 4) is 0 Å². The molecule has 0 saturated carbocycles. The van der Waals surface area contributed by atoms with Crippen LogP contribution in [0.1, 0.15) is 5.56 Å². The number of nitrogens with two attached hydrogens (primary N) is 1. The van der Waals surface area contributed by atoms with E-state index in [0.717, 1.165) is 10.9 Å². The van der Waals surface area contributed by atoms with E-state index >= 15 is 0 Å². The number of aromatic nitrogens is 2. The molecule has 2 aromatic rings. The van der Waals surface area contributed by atoms with Crippen LogP contribution in [0.15, 0.2) is 29.6 Å². The van der Waals surface area contributed by atoms with Crippen LogP contribution in [0.25, 0.3) is 10.9 Å². The highest BCUT2D eigenvalue weighted by Crippen LogP contribution is 2.16. The Balaban J connectivity index is 2.76. The summed E-state index contributed by atoms with van der Waals surface area (Å²) in [5.74, 6) is 0.101. The molecule has 0 aliphatic heterocycles. The number of hydrogen-bond acceptors (Lipinski definition) is 3. The second-order valence-corrected chi connectivity index (χ2v) is 3.03. The van der Waals surface area contributed by atoms with E-state index in [1.807, 2.05) is 25.4 Å². The van der Waals surface area contributed by atoms with Crippen LogP contribution in [-0.2, 0) is 7.05 Å². The van der Waals surface area contributed by atoms with Gasteiger partial charge in [0.05, 0.1) is 5.52 Å². The lowest BCUT2D eigenvalue weighted by Crippen LogP contribution is -2.13. The van der Waals surface area contributed by atoms with Crippen molar-refractivity contribution in [1.82, 2.24) is 9.78 Å². The molecule has 0 atom stereocenters. The molecular weight excluding hydrogens is 180 g/mol. The van der Waals surface area contributed by atoms with E-state index in [1.165, 1.54) is 0 Å². The van der Waals surface area contributed by atoms with Gasteiger partial charge >= 0.3 is 0 Å². The zero-order chi connectivity index (χ0) is 10.1. The van der Waals surface area contributed by atoms with E-state index in [-0.39, 0.29) is 5.84 Å². The summed E-state index contributed by atoms with van der Waals surface area (Å²) < 4.78 is 1.69. The van der Waals surface area contributed by atoms with Gasteiger partial charge in [0.1, 0.15) is 0 Å². The number of benzene rings is 1. The summed E-state index contributed by atoms with van der Waals surface area (Å²) in [6.07, 6.45) is 1.84. The molecule has 3 N–H and O–H groups in total. The van der Waals surface area contributed by atoms with Crippen molar-refractivity contribution in [2.24, 2.45) is 17.9 Å². The second-order valence-electron chi connectivity index (χ2n) is 3.03. The van der Waals surface area contributed by atoms with Gasteiger partial charge < -0.3 is 10.9 Å². The summed E-state index contributed by atoms with van der Waals surface area (Å²) in [4.78, 5) is 0. The molecule has 0 amide bonds. The Kier molecular flexibility index (Phi) is 1.85. The molecule has 0 aliphatic rings. The topological polar surface area (TPSA) is 76.4 Å². The standard InChI is InChI=1S/C9H10N4O/c1-13-5-7-6(9(10)12-14)3-2-4-8(7)11-13/h2-5,14H,1H3,(H2,10,12). The summed E-state index contributed by atoms with van der Waals surface area (Å²) in [5, 5.41) is 16.7. The highest BCUT2D eigenvalue weighted by atomic mass is 16.4. The Bertz CT molecular complexity index is 500. The van der Waals surface area contributed by atoms with Crippen molar-refractivity contribution in [2.45, 2.75) is 0 Å². The number of hydrogen-bond donors (Lipinski definition) is 2. The minimum absolute atomic E-state index is 0.101. The Morgan fingerprint density at radius 2 is 2.36 bits per heavy atom. The van der Waals surface area contributed by atoms with E-state index in [1.54, 1.807) is 10.7 Å². The maximum absolute atomic E-state index is 8.59. The van der Waals surface area contributed by atoms with Gasteiger partial charge in [-0.05, 0) is 6.07 Å². The molecule has 5 nitrogen and oxygen atoms in total. The first kappa shape index (κ1) is 8.55. The van der Waals surface area contributed by atoms with Crippen LogP contribution in [0, 0.1) is 0 Å². The zero-order valence-electron chi connectivity index (χ0n) is 7.68. The lowest BCUT2D eigenvalue weighted by atomic mass is 10.1. The quantitative estimate of drug-likeness (QED) is 0.300. The SMILES string of the molecule is Cn1cc2c(C(N)=NO)cccc2n1. The third-order valence-electron chi connectivity index (χ3n) is 2.05. The zero-order valence-corrected chi connectivity index (χ0v) is 7.68. The maximum Gasteiger partial charge on any atom is 0.170 e. The van der Waals surface area contributed by atoms with Gasteiger partial charge in [0.2, 0.25) is 0 Å². The van der Waals surface area contributed by atoms with Gasteiger partial charge in [-0.3, -0.25) is 4.68 Å². The van der Waals surface area contributed by atoms with Crippen LogP contribution >= 0.6 is 0 Å². The fourth-order valence-corrected chi connectivity index (χ4v) is 1.44. The number of oxime groups is 1. The van der Waals surface area contributed by atoms with Crippen LogP contribution in [0.4, 0.5) is 0 Å². The molecule has 0 fully saturated rings. The van der Waals surface area contributed by atoms with E-state index < -0.39 is 0 Å². The first-order chi connectivity index (χ1) is 6.72. The minimum atomic E-state index is 0.101. The van der Waals surface area contributed by atoms with Crippen molar-refractivity contribution in [3.05, 3.63) is 30.0 Å². The molecule has 1 aromatic heterocycles. The molecule has 1 heterocycles. The van der Waals surface area contributed by atoms with Crippen LogP contribution in [-0.4, -0.2) is 20.8 Å². The summed E-state index contributed by atoms with van der Waals surface area (Å²) in [6, 6.07) is 5.49. The number of rotatable bonds is 1. The highest BCUT2D eigenvalue weighted by Gasteiger charge is 2.07. The Labute approximate surface area is 80.4 Å². The average Bonchev–Trinajstić information content (AvgIpc) is 2.56. The molecule has 5 heteroatoms. The van der Waals surface area contributed by atoms with Crippen LogP contribution in [0.2, 0.25) is 0 Å². The minimum Gasteiger partial charge on any atom is -0.409 e. The van der Waals surface area contributed by atoms with E-state index in [2.05, 4.69) is 10.3 Å². The van der Waals surface area contributed by atoms with E-state index in [0.29, 0.717) is 5.56 Å². The first-order valence-corrected chi connectivity index (χ1v) is 4.12. The summed E-state index contributed by atoms with van der Waals surface area (Å²) >= 11 is 0. The summed E-state index contributed by atoms with van der Waals surface area (Å²) in [5.41, 5.74) is 7.06. The number of fused-ring (bicyclic) bond motifs is 1. The average molecular weight is 190 g/mol. The summed E-state index contributed by atoms with van der Waals surface area (Å²) in [7, 11) is 1.83. The Morgan fingerprint density at radius 3 is 3.07 bits per heavy atom. The molecule has 2 rings (SSSR count). The van der Waals surface area contributed by atoms with Gasteiger partial charge in [-0.15, -0.1) is 0 Å². The molecule has 0 bridgehead atoms. The van der Waals surface area contributed by atoms with Gasteiger partial charge in [-0.2, -0.15) is 5.10 Å². The smallest absolute Gasteiger partial charge is 0.170 e. The molecule has 0 spiro atoms. The van der Waals surface area contributed by atoms with Gasteiger partial charge in [-0.1, -0.05) is 17.3 Å². The van der Waals surface area contributed by atoms with Crippen molar-refractivity contribution < 1.29 is 5.21 Å².